The first kappa shape index (κ1) is 12.7. The molecule has 0 aliphatic heterocycles. The summed E-state index contributed by atoms with van der Waals surface area (Å²) in [5.41, 5.74) is 6.95. The van der Waals surface area contributed by atoms with Gasteiger partial charge in [0.2, 0.25) is 0 Å². The van der Waals surface area contributed by atoms with E-state index in [1.807, 2.05) is 0 Å². The molecule has 1 aromatic rings. The summed E-state index contributed by atoms with van der Waals surface area (Å²) >= 11 is 0. The van der Waals surface area contributed by atoms with E-state index in [1.54, 1.807) is 20.4 Å². The van der Waals surface area contributed by atoms with Gasteiger partial charge in [0.05, 0.1) is 18.9 Å². The van der Waals surface area contributed by atoms with Crippen LogP contribution in [0, 0.1) is 0 Å². The van der Waals surface area contributed by atoms with Crippen LogP contribution in [0.1, 0.15) is 11.3 Å². The highest BCUT2D eigenvalue weighted by atomic mass is 16.5. The molecule has 0 aromatic carbocycles. The van der Waals surface area contributed by atoms with Gasteiger partial charge in [0.25, 0.3) is 0 Å². The molecule has 16 heavy (non-hydrogen) atoms. The summed E-state index contributed by atoms with van der Waals surface area (Å²) < 4.78 is 11.1. The minimum Gasteiger partial charge on any atom is -0.384 e. The summed E-state index contributed by atoms with van der Waals surface area (Å²) in [7, 11) is 3.26. The van der Waals surface area contributed by atoms with E-state index in [0.29, 0.717) is 26.1 Å². The number of amides is 1. The van der Waals surface area contributed by atoms with Crippen molar-refractivity contribution in [2.45, 2.75) is 12.8 Å². The maximum absolute atomic E-state index is 11.0. The summed E-state index contributed by atoms with van der Waals surface area (Å²) in [4.78, 5) is 11.0. The first-order valence-electron chi connectivity index (χ1n) is 5.04. The molecule has 0 atom stereocenters. The molecule has 2 N–H and O–H groups in total. The molecular formula is C10H17N3O3. The topological polar surface area (TPSA) is 79.4 Å². The molecule has 1 heterocycles. The normalized spacial score (nSPS) is 10.6. The van der Waals surface area contributed by atoms with Gasteiger partial charge in [-0.15, -0.1) is 0 Å². The Labute approximate surface area is 94.3 Å². The van der Waals surface area contributed by atoms with Gasteiger partial charge >= 0.3 is 6.03 Å². The molecule has 0 radical (unpaired) electrons. The van der Waals surface area contributed by atoms with E-state index >= 15 is 0 Å². The molecule has 0 bridgehead atoms. The van der Waals surface area contributed by atoms with Gasteiger partial charge in [-0.3, -0.25) is 0 Å². The van der Waals surface area contributed by atoms with Crippen LogP contribution in [0.4, 0.5) is 4.79 Å². The third-order valence-corrected chi connectivity index (χ3v) is 2.22. The highest BCUT2D eigenvalue weighted by molar-refractivity contribution is 5.73. The quantitative estimate of drug-likeness (QED) is 0.752. The summed E-state index contributed by atoms with van der Waals surface area (Å²) in [5.74, 6) is 0. The second-order valence-electron chi connectivity index (χ2n) is 3.37. The zero-order chi connectivity index (χ0) is 12.0. The minimum absolute atomic E-state index is 0.565. The van der Waals surface area contributed by atoms with Crippen molar-refractivity contribution in [1.82, 2.24) is 9.78 Å². The highest BCUT2D eigenvalue weighted by Gasteiger charge is 2.10. The van der Waals surface area contributed by atoms with Crippen molar-refractivity contribution in [3.8, 4) is 0 Å². The number of primary amides is 1. The van der Waals surface area contributed by atoms with Gasteiger partial charge in [-0.25, -0.2) is 4.79 Å². The van der Waals surface area contributed by atoms with Crippen molar-refractivity contribution in [1.29, 1.82) is 0 Å². The fourth-order valence-corrected chi connectivity index (χ4v) is 1.39. The molecule has 0 saturated heterocycles. The van der Waals surface area contributed by atoms with E-state index < -0.39 is 6.03 Å². The predicted molar refractivity (Wildman–Crippen MR) is 58.4 cm³/mol. The molecule has 1 aromatic heterocycles. The van der Waals surface area contributed by atoms with Crippen LogP contribution >= 0.6 is 0 Å². The Morgan fingerprint density at radius 1 is 1.38 bits per heavy atom. The van der Waals surface area contributed by atoms with Gasteiger partial charge < -0.3 is 15.2 Å². The highest BCUT2D eigenvalue weighted by Crippen LogP contribution is 2.09. The number of carbonyl (C=O) groups excluding carboxylic acids is 1. The van der Waals surface area contributed by atoms with Crippen molar-refractivity contribution in [3.63, 3.8) is 0 Å². The summed E-state index contributed by atoms with van der Waals surface area (Å²) in [6, 6.07) is -0.581. The Hall–Kier alpha value is -1.40. The molecule has 6 heteroatoms. The van der Waals surface area contributed by atoms with E-state index in [1.165, 1.54) is 0 Å². The molecule has 0 unspecified atom stereocenters. The van der Waals surface area contributed by atoms with Crippen LogP contribution in [0.15, 0.2) is 6.20 Å². The van der Waals surface area contributed by atoms with Crippen LogP contribution in [0.2, 0.25) is 0 Å². The van der Waals surface area contributed by atoms with E-state index in [2.05, 4.69) is 5.10 Å². The van der Waals surface area contributed by atoms with Gasteiger partial charge in [-0.1, -0.05) is 0 Å². The lowest BCUT2D eigenvalue weighted by molar-refractivity contribution is 0.197. The van der Waals surface area contributed by atoms with Gasteiger partial charge in [-0.2, -0.15) is 9.78 Å². The Balaban J connectivity index is 2.79. The average molecular weight is 227 g/mol. The molecule has 1 amide bonds. The van der Waals surface area contributed by atoms with Crippen molar-refractivity contribution < 1.29 is 14.3 Å². The summed E-state index contributed by atoms with van der Waals surface area (Å²) in [6.45, 7) is 1.15. The zero-order valence-electron chi connectivity index (χ0n) is 9.60. The number of nitrogens with two attached hydrogens (primary N) is 1. The molecule has 1 rings (SSSR count). The number of hydrogen-bond acceptors (Lipinski definition) is 4. The summed E-state index contributed by atoms with van der Waals surface area (Å²) in [5, 5.41) is 4.11. The van der Waals surface area contributed by atoms with E-state index in [9.17, 15) is 4.79 Å². The molecular weight excluding hydrogens is 210 g/mol. The number of carbonyl (C=O) groups is 1. The Morgan fingerprint density at radius 3 is 2.56 bits per heavy atom. The molecule has 90 valence electrons. The lowest BCUT2D eigenvalue weighted by atomic mass is 10.1. The Morgan fingerprint density at radius 2 is 2.00 bits per heavy atom. The number of rotatable bonds is 6. The molecule has 0 fully saturated rings. The van der Waals surface area contributed by atoms with Gasteiger partial charge in [-0.05, 0) is 12.0 Å². The first-order chi connectivity index (χ1) is 7.69. The molecule has 6 nitrogen and oxygen atoms in total. The fourth-order valence-electron chi connectivity index (χ4n) is 1.39. The molecule has 0 aliphatic carbocycles. The lowest BCUT2D eigenvalue weighted by Gasteiger charge is -2.00. The zero-order valence-corrected chi connectivity index (χ0v) is 9.60. The van der Waals surface area contributed by atoms with Crippen LogP contribution in [-0.4, -0.2) is 43.2 Å². The van der Waals surface area contributed by atoms with E-state index in [-0.39, 0.29) is 0 Å². The largest absolute Gasteiger partial charge is 0.384 e. The minimum atomic E-state index is -0.581. The smallest absolute Gasteiger partial charge is 0.339 e. The Bertz CT molecular complexity index is 324. The SMILES string of the molecule is COCCc1cn(C(N)=O)nc1CCOC. The second kappa shape index (κ2) is 6.24. The monoisotopic (exact) mass is 227 g/mol. The van der Waals surface area contributed by atoms with Gasteiger partial charge in [0.1, 0.15) is 0 Å². The number of ether oxygens (including phenoxy) is 2. The molecule has 0 spiro atoms. The Kier molecular flexibility index (Phi) is 4.94. The van der Waals surface area contributed by atoms with Crippen LogP contribution in [0.3, 0.4) is 0 Å². The van der Waals surface area contributed by atoms with Crippen LogP contribution < -0.4 is 5.73 Å². The number of nitrogens with zero attached hydrogens (tertiary/aromatic N) is 2. The van der Waals surface area contributed by atoms with Crippen molar-refractivity contribution >= 4 is 6.03 Å². The lowest BCUT2D eigenvalue weighted by Crippen LogP contribution is -2.20. The maximum Gasteiger partial charge on any atom is 0.339 e. The van der Waals surface area contributed by atoms with Crippen molar-refractivity contribution in [2.24, 2.45) is 5.73 Å². The molecule has 0 saturated carbocycles. The van der Waals surface area contributed by atoms with Crippen molar-refractivity contribution in [3.05, 3.63) is 17.5 Å². The summed E-state index contributed by atoms with van der Waals surface area (Å²) in [6.07, 6.45) is 3.02. The van der Waals surface area contributed by atoms with E-state index in [4.69, 9.17) is 15.2 Å². The third-order valence-electron chi connectivity index (χ3n) is 2.22. The standard InChI is InChI=1S/C10H17N3O3/c1-15-5-3-8-7-13(10(11)14)12-9(8)4-6-16-2/h7H,3-6H2,1-2H3,(H2,11,14). The van der Waals surface area contributed by atoms with Gasteiger partial charge in [0, 0.05) is 26.8 Å². The second-order valence-corrected chi connectivity index (χ2v) is 3.37. The van der Waals surface area contributed by atoms with Crippen molar-refractivity contribution in [2.75, 3.05) is 27.4 Å². The first-order valence-corrected chi connectivity index (χ1v) is 5.04. The fraction of sp³-hybridized carbons (Fsp3) is 0.600. The number of hydrogen-bond donors (Lipinski definition) is 1. The predicted octanol–water partition coefficient (Wildman–Crippen LogP) is 0.188. The maximum atomic E-state index is 11.0. The molecule has 0 aliphatic rings. The third kappa shape index (κ3) is 3.32. The number of aromatic nitrogens is 2. The van der Waals surface area contributed by atoms with Crippen LogP contribution in [0.5, 0.6) is 0 Å². The van der Waals surface area contributed by atoms with E-state index in [0.717, 1.165) is 15.9 Å². The van der Waals surface area contributed by atoms with Gasteiger partial charge in [0.15, 0.2) is 0 Å². The number of methoxy groups -OCH3 is 2. The van der Waals surface area contributed by atoms with Crippen LogP contribution in [-0.2, 0) is 22.3 Å². The average Bonchev–Trinajstić information content (AvgIpc) is 2.67. The van der Waals surface area contributed by atoms with Crippen LogP contribution in [0.25, 0.3) is 0 Å².